The van der Waals surface area contributed by atoms with E-state index in [2.05, 4.69) is 5.32 Å². The van der Waals surface area contributed by atoms with Gasteiger partial charge in [-0.1, -0.05) is 88.9 Å². The second kappa shape index (κ2) is 13.7. The summed E-state index contributed by atoms with van der Waals surface area (Å²) in [6.45, 7) is 4.76. The first-order valence-corrected chi connectivity index (χ1v) is 15.9. The molecule has 3 rings (SSSR count). The van der Waals surface area contributed by atoms with Crippen LogP contribution in [0.4, 0.5) is 5.69 Å². The maximum Gasteiger partial charge on any atom is 0.244 e. The molecule has 2 amide bonds. The normalized spacial score (nSPS) is 12.5. The zero-order valence-electron chi connectivity index (χ0n) is 23.0. The van der Waals surface area contributed by atoms with E-state index in [0.29, 0.717) is 15.6 Å². The average Bonchev–Trinajstić information content (AvgIpc) is 2.86. The first-order chi connectivity index (χ1) is 19.1. The molecule has 7 nitrogen and oxygen atoms in total. The molecule has 0 aliphatic rings. The number of carbonyl (C=O) groups excluding carboxylic acids is 2. The van der Waals surface area contributed by atoms with Gasteiger partial charge in [0.15, 0.2) is 0 Å². The maximum atomic E-state index is 14.1. The van der Waals surface area contributed by atoms with Gasteiger partial charge in [0, 0.05) is 28.5 Å². The van der Waals surface area contributed by atoms with E-state index in [9.17, 15) is 18.0 Å². The minimum Gasteiger partial charge on any atom is -0.350 e. The first-order valence-electron chi connectivity index (χ1n) is 12.6. The Labute approximate surface area is 261 Å². The van der Waals surface area contributed by atoms with E-state index in [1.54, 1.807) is 12.1 Å². The molecule has 3 aromatic rings. The second-order valence-electron chi connectivity index (χ2n) is 10.5. The molecular weight excluding hydrogens is 628 g/mol. The predicted octanol–water partition coefficient (Wildman–Crippen LogP) is 6.62. The van der Waals surface area contributed by atoms with Gasteiger partial charge >= 0.3 is 0 Å². The Morgan fingerprint density at radius 2 is 1.56 bits per heavy atom. The highest BCUT2D eigenvalue weighted by Gasteiger charge is 2.35. The monoisotopic (exact) mass is 657 g/mol. The Bertz CT molecular complexity index is 1510. The van der Waals surface area contributed by atoms with Crippen molar-refractivity contribution in [1.29, 1.82) is 0 Å². The predicted molar refractivity (Wildman–Crippen MR) is 167 cm³/mol. The number of hydrogen-bond acceptors (Lipinski definition) is 4. The van der Waals surface area contributed by atoms with Crippen molar-refractivity contribution < 1.29 is 18.0 Å². The lowest BCUT2D eigenvalue weighted by Gasteiger charge is -2.35. The van der Waals surface area contributed by atoms with E-state index in [-0.39, 0.29) is 28.7 Å². The highest BCUT2D eigenvalue weighted by Crippen LogP contribution is 2.34. The largest absolute Gasteiger partial charge is 0.350 e. The molecule has 3 aromatic carbocycles. The molecule has 0 fully saturated rings. The van der Waals surface area contributed by atoms with Crippen LogP contribution in [0.15, 0.2) is 66.7 Å². The minimum atomic E-state index is -4.01. The molecule has 0 radical (unpaired) electrons. The Balaban J connectivity index is 2.13. The molecule has 41 heavy (non-hydrogen) atoms. The fraction of sp³-hybridized carbons (Fsp3) is 0.310. The summed E-state index contributed by atoms with van der Waals surface area (Å²) in [6, 6.07) is 17.5. The average molecular weight is 659 g/mol. The molecule has 0 aromatic heterocycles. The molecule has 1 atom stereocenters. The van der Waals surface area contributed by atoms with Crippen molar-refractivity contribution in [1.82, 2.24) is 10.2 Å². The first kappa shape index (κ1) is 33.0. The van der Waals surface area contributed by atoms with E-state index in [4.69, 9.17) is 46.4 Å². The summed E-state index contributed by atoms with van der Waals surface area (Å²) in [5.41, 5.74) is 0.765. The molecule has 220 valence electrons. The molecule has 1 unspecified atom stereocenters. The van der Waals surface area contributed by atoms with E-state index in [1.165, 1.54) is 29.2 Å². The summed E-state index contributed by atoms with van der Waals surface area (Å²) in [5.74, 6) is -1.06. The minimum absolute atomic E-state index is 0.0222. The number of rotatable bonds is 10. The van der Waals surface area contributed by atoms with Gasteiger partial charge in [0.05, 0.1) is 22.0 Å². The van der Waals surface area contributed by atoms with Gasteiger partial charge in [-0.15, -0.1) is 0 Å². The summed E-state index contributed by atoms with van der Waals surface area (Å²) < 4.78 is 26.7. The van der Waals surface area contributed by atoms with Gasteiger partial charge in [0.1, 0.15) is 12.6 Å². The van der Waals surface area contributed by atoms with Gasteiger partial charge in [-0.05, 0) is 56.2 Å². The number of hydrogen-bond donors (Lipinski definition) is 1. The SMILES string of the molecule is CC(C)(C)NC(=O)C(Cc1ccccc1)N(Cc1ccc(Cl)cc1Cl)C(=O)CN(c1cccc(Cl)c1Cl)S(C)(=O)=O. The van der Waals surface area contributed by atoms with Gasteiger partial charge < -0.3 is 10.2 Å². The van der Waals surface area contributed by atoms with Crippen molar-refractivity contribution in [3.63, 3.8) is 0 Å². The molecule has 0 saturated heterocycles. The number of nitrogens with one attached hydrogen (secondary N) is 1. The third-order valence-electron chi connectivity index (χ3n) is 6.00. The Morgan fingerprint density at radius 1 is 0.902 bits per heavy atom. The smallest absolute Gasteiger partial charge is 0.244 e. The van der Waals surface area contributed by atoms with Crippen LogP contribution in [0.1, 0.15) is 31.9 Å². The molecule has 0 heterocycles. The van der Waals surface area contributed by atoms with Crippen LogP contribution in [0, 0.1) is 0 Å². The second-order valence-corrected chi connectivity index (χ2v) is 14.1. The highest BCUT2D eigenvalue weighted by atomic mass is 35.5. The van der Waals surface area contributed by atoms with Crippen molar-refractivity contribution in [2.45, 2.75) is 45.3 Å². The lowest BCUT2D eigenvalue weighted by atomic mass is 10.0. The van der Waals surface area contributed by atoms with Gasteiger partial charge in [-0.3, -0.25) is 13.9 Å². The maximum absolute atomic E-state index is 14.1. The molecule has 0 saturated carbocycles. The van der Waals surface area contributed by atoms with Crippen molar-refractivity contribution in [2.75, 3.05) is 17.1 Å². The third-order valence-corrected chi connectivity index (χ3v) is 8.53. The van der Waals surface area contributed by atoms with Crippen LogP contribution in [-0.2, 0) is 32.6 Å². The number of carbonyl (C=O) groups is 2. The quantitative estimate of drug-likeness (QED) is 0.265. The van der Waals surface area contributed by atoms with E-state index >= 15 is 0 Å². The Morgan fingerprint density at radius 3 is 2.15 bits per heavy atom. The number of benzene rings is 3. The standard InChI is InChI=1S/C29H31Cl4N3O4S/c1-29(2,3)34-28(38)25(15-19-9-6-5-7-10-19)35(17-20-13-14-21(30)16-23(20)32)26(37)18-36(41(4,39)40)24-12-8-11-22(31)27(24)33/h5-14,16,25H,15,17-18H2,1-4H3,(H,34,38). The van der Waals surface area contributed by atoms with Crippen molar-refractivity contribution >= 4 is 73.9 Å². The molecular formula is C29H31Cl4N3O4S. The number of anilines is 1. The summed E-state index contributed by atoms with van der Waals surface area (Å²) >= 11 is 25.1. The lowest BCUT2D eigenvalue weighted by molar-refractivity contribution is -0.140. The van der Waals surface area contributed by atoms with Gasteiger partial charge in [-0.25, -0.2) is 8.42 Å². The number of sulfonamides is 1. The third kappa shape index (κ3) is 9.25. The molecule has 12 heteroatoms. The summed E-state index contributed by atoms with van der Waals surface area (Å²) in [4.78, 5) is 29.2. The van der Waals surface area contributed by atoms with Crippen LogP contribution >= 0.6 is 46.4 Å². The molecule has 0 spiro atoms. The van der Waals surface area contributed by atoms with Gasteiger partial charge in [-0.2, -0.15) is 0 Å². The Kier molecular flexibility index (Phi) is 11.0. The van der Waals surface area contributed by atoms with Crippen LogP contribution in [-0.4, -0.2) is 49.5 Å². The topological polar surface area (TPSA) is 86.8 Å². The summed E-state index contributed by atoms with van der Waals surface area (Å²) in [7, 11) is -4.01. The number of amides is 2. The van der Waals surface area contributed by atoms with Crippen LogP contribution in [0.2, 0.25) is 20.1 Å². The highest BCUT2D eigenvalue weighted by molar-refractivity contribution is 7.92. The van der Waals surface area contributed by atoms with Crippen LogP contribution in [0.3, 0.4) is 0 Å². The molecule has 0 bridgehead atoms. The van der Waals surface area contributed by atoms with Crippen LogP contribution in [0.25, 0.3) is 0 Å². The zero-order chi connectivity index (χ0) is 30.5. The van der Waals surface area contributed by atoms with Crippen molar-refractivity contribution in [3.8, 4) is 0 Å². The zero-order valence-corrected chi connectivity index (χ0v) is 26.8. The number of nitrogens with zero attached hydrogens (tertiary/aromatic N) is 2. The van der Waals surface area contributed by atoms with Crippen LogP contribution < -0.4 is 9.62 Å². The molecule has 0 aliphatic heterocycles. The van der Waals surface area contributed by atoms with E-state index in [0.717, 1.165) is 16.1 Å². The lowest BCUT2D eigenvalue weighted by Crippen LogP contribution is -2.56. The summed E-state index contributed by atoms with van der Waals surface area (Å²) in [6.07, 6.45) is 1.13. The Hall–Kier alpha value is -2.49. The van der Waals surface area contributed by atoms with Crippen molar-refractivity contribution in [3.05, 3.63) is 97.9 Å². The fourth-order valence-electron chi connectivity index (χ4n) is 4.12. The van der Waals surface area contributed by atoms with E-state index in [1.807, 2.05) is 51.1 Å². The molecule has 1 N–H and O–H groups in total. The fourth-order valence-corrected chi connectivity index (χ4v) is 5.89. The van der Waals surface area contributed by atoms with Gasteiger partial charge in [0.2, 0.25) is 21.8 Å². The van der Waals surface area contributed by atoms with Crippen LogP contribution in [0.5, 0.6) is 0 Å². The molecule has 0 aliphatic carbocycles. The van der Waals surface area contributed by atoms with Crippen molar-refractivity contribution in [2.24, 2.45) is 0 Å². The summed E-state index contributed by atoms with van der Waals surface area (Å²) in [5, 5.41) is 3.76. The van der Waals surface area contributed by atoms with Gasteiger partial charge in [0.25, 0.3) is 0 Å². The van der Waals surface area contributed by atoms with E-state index < -0.39 is 40.0 Å². The number of halogens is 4.